The van der Waals surface area contributed by atoms with Gasteiger partial charge in [-0.2, -0.15) is 0 Å². The molecular formula is C17H24N2OS. The molecular weight excluding hydrogens is 280 g/mol. The van der Waals surface area contributed by atoms with Crippen molar-refractivity contribution in [1.29, 1.82) is 0 Å². The van der Waals surface area contributed by atoms with E-state index in [9.17, 15) is 4.79 Å². The molecule has 2 rings (SSSR count). The summed E-state index contributed by atoms with van der Waals surface area (Å²) in [6, 6.07) is 8.06. The summed E-state index contributed by atoms with van der Waals surface area (Å²) < 4.78 is 1.15. The fourth-order valence-electron chi connectivity index (χ4n) is 2.84. The predicted octanol–water partition coefficient (Wildman–Crippen LogP) is 3.92. The summed E-state index contributed by atoms with van der Waals surface area (Å²) in [7, 11) is 0. The summed E-state index contributed by atoms with van der Waals surface area (Å²) in [6.45, 7) is 10.2. The van der Waals surface area contributed by atoms with Crippen molar-refractivity contribution < 1.29 is 4.79 Å². The third-order valence-corrected chi connectivity index (χ3v) is 5.44. The highest BCUT2D eigenvalue weighted by Crippen LogP contribution is 2.26. The number of hydrogen-bond donors (Lipinski definition) is 0. The van der Waals surface area contributed by atoms with Crippen LogP contribution in [0.15, 0.2) is 24.3 Å². The number of para-hydroxylation sites is 1. The molecule has 0 bridgehead atoms. The van der Waals surface area contributed by atoms with Gasteiger partial charge in [0.15, 0.2) is 5.78 Å². The van der Waals surface area contributed by atoms with Gasteiger partial charge < -0.3 is 0 Å². The molecule has 2 aromatic rings. The quantitative estimate of drug-likeness (QED) is 0.777. The molecule has 114 valence electrons. The second-order valence-electron chi connectivity index (χ2n) is 5.47. The summed E-state index contributed by atoms with van der Waals surface area (Å²) >= 11 is 1.63. The molecule has 0 saturated heterocycles. The monoisotopic (exact) mass is 304 g/mol. The lowest BCUT2D eigenvalue weighted by Crippen LogP contribution is -2.52. The van der Waals surface area contributed by atoms with Crippen molar-refractivity contribution in [3.8, 4) is 0 Å². The number of benzene rings is 1. The fourth-order valence-corrected chi connectivity index (χ4v) is 3.81. The Bertz CT molecular complexity index is 585. The van der Waals surface area contributed by atoms with Crippen LogP contribution in [0.25, 0.3) is 10.2 Å². The zero-order valence-corrected chi connectivity index (χ0v) is 14.2. The molecule has 21 heavy (non-hydrogen) atoms. The van der Waals surface area contributed by atoms with Crippen LogP contribution in [0.4, 0.5) is 0 Å². The molecule has 1 unspecified atom stereocenters. The molecule has 0 saturated carbocycles. The normalized spacial score (nSPS) is 14.5. The van der Waals surface area contributed by atoms with E-state index in [1.165, 1.54) is 0 Å². The Balaban J connectivity index is 2.22. The van der Waals surface area contributed by atoms with Crippen LogP contribution in [0.1, 0.15) is 39.1 Å². The number of rotatable bonds is 7. The third-order valence-electron chi connectivity index (χ3n) is 4.40. The van der Waals surface area contributed by atoms with Crippen molar-refractivity contribution >= 4 is 27.3 Å². The number of Topliss-reactive ketones (excluding diaryl/α,β-unsaturated/α-hetero) is 1. The van der Waals surface area contributed by atoms with Gasteiger partial charge in [0.2, 0.25) is 0 Å². The van der Waals surface area contributed by atoms with Crippen LogP contribution in [0.2, 0.25) is 0 Å². The molecule has 1 aromatic carbocycles. The minimum atomic E-state index is -0.388. The smallest absolute Gasteiger partial charge is 0.159 e. The Morgan fingerprint density at radius 2 is 1.90 bits per heavy atom. The lowest BCUT2D eigenvalue weighted by atomic mass is 9.89. The van der Waals surface area contributed by atoms with Crippen molar-refractivity contribution in [1.82, 2.24) is 9.88 Å². The van der Waals surface area contributed by atoms with E-state index in [4.69, 9.17) is 0 Å². The van der Waals surface area contributed by atoms with E-state index in [1.54, 1.807) is 11.3 Å². The topological polar surface area (TPSA) is 33.2 Å². The zero-order valence-electron chi connectivity index (χ0n) is 13.3. The van der Waals surface area contributed by atoms with Gasteiger partial charge >= 0.3 is 0 Å². The summed E-state index contributed by atoms with van der Waals surface area (Å²) in [5, 5.41) is 0.924. The molecule has 4 heteroatoms. The van der Waals surface area contributed by atoms with Crippen LogP contribution in [0.5, 0.6) is 0 Å². The Kier molecular flexibility index (Phi) is 5.12. The number of likely N-dealkylation sites (N-methyl/N-ethyl adjacent to an activating group) is 1. The largest absolute Gasteiger partial charge is 0.297 e. The first-order chi connectivity index (χ1) is 10.0. The van der Waals surface area contributed by atoms with Crippen LogP contribution in [0.3, 0.4) is 0 Å². The van der Waals surface area contributed by atoms with Crippen molar-refractivity contribution in [3.63, 3.8) is 0 Å². The average molecular weight is 304 g/mol. The second kappa shape index (κ2) is 6.67. The molecule has 0 aliphatic rings. The first-order valence-electron chi connectivity index (χ1n) is 7.67. The Labute approximate surface area is 131 Å². The third kappa shape index (κ3) is 3.16. The summed E-state index contributed by atoms with van der Waals surface area (Å²) in [4.78, 5) is 19.7. The number of carbonyl (C=O) groups excluding carboxylic acids is 1. The zero-order chi connectivity index (χ0) is 15.5. The SMILES string of the molecule is CCN(CC)C(C)(CC)C(=O)Cc1nc2ccccc2s1. The van der Waals surface area contributed by atoms with Crippen molar-refractivity contribution in [2.45, 2.75) is 46.1 Å². The van der Waals surface area contributed by atoms with Gasteiger partial charge in [0, 0.05) is 0 Å². The number of ketones is 1. The fraction of sp³-hybridized carbons (Fsp3) is 0.529. The number of nitrogens with zero attached hydrogens (tertiary/aromatic N) is 2. The van der Waals surface area contributed by atoms with E-state index < -0.39 is 0 Å². The van der Waals surface area contributed by atoms with E-state index in [-0.39, 0.29) is 11.3 Å². The van der Waals surface area contributed by atoms with Gasteiger partial charge in [-0.25, -0.2) is 4.98 Å². The first-order valence-corrected chi connectivity index (χ1v) is 8.49. The van der Waals surface area contributed by atoms with Gasteiger partial charge in [-0.3, -0.25) is 9.69 Å². The maximum atomic E-state index is 12.8. The number of hydrogen-bond acceptors (Lipinski definition) is 4. The van der Waals surface area contributed by atoms with Gasteiger partial charge in [-0.1, -0.05) is 32.9 Å². The van der Waals surface area contributed by atoms with Gasteiger partial charge in [0.1, 0.15) is 5.01 Å². The number of thiazole rings is 1. The van der Waals surface area contributed by atoms with E-state index in [2.05, 4.69) is 43.6 Å². The molecule has 3 nitrogen and oxygen atoms in total. The Morgan fingerprint density at radius 3 is 2.48 bits per heavy atom. The molecule has 0 N–H and O–H groups in total. The Morgan fingerprint density at radius 1 is 1.24 bits per heavy atom. The van der Waals surface area contributed by atoms with Crippen molar-refractivity contribution in [2.24, 2.45) is 0 Å². The lowest BCUT2D eigenvalue weighted by molar-refractivity contribution is -0.129. The number of carbonyl (C=O) groups is 1. The standard InChI is InChI=1S/C17H24N2OS/c1-5-17(4,19(6-2)7-3)15(20)12-16-18-13-10-8-9-11-14(13)21-16/h8-11H,5-7,12H2,1-4H3. The van der Waals surface area contributed by atoms with Crippen LogP contribution >= 0.6 is 11.3 Å². The maximum Gasteiger partial charge on any atom is 0.159 e. The highest BCUT2D eigenvalue weighted by atomic mass is 32.1. The predicted molar refractivity (Wildman–Crippen MR) is 89.9 cm³/mol. The lowest BCUT2D eigenvalue weighted by Gasteiger charge is -2.38. The highest BCUT2D eigenvalue weighted by molar-refractivity contribution is 7.18. The average Bonchev–Trinajstić information content (AvgIpc) is 2.90. The van der Waals surface area contributed by atoms with Gasteiger partial charge in [-0.05, 0) is 38.6 Å². The van der Waals surface area contributed by atoms with Crippen LogP contribution in [-0.2, 0) is 11.2 Å². The minimum Gasteiger partial charge on any atom is -0.297 e. The summed E-state index contributed by atoms with van der Waals surface area (Å²) in [5.74, 6) is 0.271. The van der Waals surface area contributed by atoms with Crippen molar-refractivity contribution in [3.05, 3.63) is 29.3 Å². The van der Waals surface area contributed by atoms with E-state index in [1.807, 2.05) is 18.2 Å². The van der Waals surface area contributed by atoms with E-state index >= 15 is 0 Å². The molecule has 1 atom stereocenters. The molecule has 0 radical (unpaired) electrons. The first kappa shape index (κ1) is 16.1. The second-order valence-corrected chi connectivity index (χ2v) is 6.59. The van der Waals surface area contributed by atoms with Gasteiger partial charge in [0.05, 0.1) is 22.2 Å². The molecule has 0 aliphatic carbocycles. The van der Waals surface area contributed by atoms with Crippen molar-refractivity contribution in [2.75, 3.05) is 13.1 Å². The van der Waals surface area contributed by atoms with Crippen LogP contribution in [-0.4, -0.2) is 34.3 Å². The molecule has 0 amide bonds. The van der Waals surface area contributed by atoms with Gasteiger partial charge in [0.25, 0.3) is 0 Å². The van der Waals surface area contributed by atoms with Crippen LogP contribution < -0.4 is 0 Å². The van der Waals surface area contributed by atoms with Crippen LogP contribution in [0, 0.1) is 0 Å². The molecule has 0 spiro atoms. The highest BCUT2D eigenvalue weighted by Gasteiger charge is 2.36. The van der Waals surface area contributed by atoms with E-state index in [0.717, 1.165) is 34.7 Å². The van der Waals surface area contributed by atoms with Gasteiger partial charge in [-0.15, -0.1) is 11.3 Å². The molecule has 0 aliphatic heterocycles. The number of aromatic nitrogens is 1. The summed E-state index contributed by atoms with van der Waals surface area (Å²) in [6.07, 6.45) is 1.26. The minimum absolute atomic E-state index is 0.271. The number of fused-ring (bicyclic) bond motifs is 1. The molecule has 1 heterocycles. The van der Waals surface area contributed by atoms with E-state index in [0.29, 0.717) is 6.42 Å². The maximum absolute atomic E-state index is 12.8. The molecule has 1 aromatic heterocycles. The molecule has 0 fully saturated rings. The Hall–Kier alpha value is -1.26. The summed E-state index contributed by atoms with van der Waals surface area (Å²) in [5.41, 5.74) is 0.604.